The fraction of sp³-hybridized carbons (Fsp3) is 0.615. The maximum Gasteiger partial charge on any atom is 0.315 e. The number of amides is 2. The topological polar surface area (TPSA) is 91.3 Å². The summed E-state index contributed by atoms with van der Waals surface area (Å²) < 4.78 is 0. The van der Waals surface area contributed by atoms with Crippen molar-refractivity contribution in [1.29, 1.82) is 0 Å². The highest BCUT2D eigenvalue weighted by Gasteiger charge is 2.44. The van der Waals surface area contributed by atoms with Crippen LogP contribution in [0.4, 0.5) is 4.79 Å². The van der Waals surface area contributed by atoms with Gasteiger partial charge in [0.1, 0.15) is 5.01 Å². The third-order valence-corrected chi connectivity index (χ3v) is 4.65. The molecule has 1 atom stereocenters. The van der Waals surface area contributed by atoms with Crippen LogP contribution in [0.5, 0.6) is 0 Å². The molecule has 0 fully saturated rings. The third-order valence-electron chi connectivity index (χ3n) is 3.69. The Kier molecular flexibility index (Phi) is 4.75. The van der Waals surface area contributed by atoms with Crippen molar-refractivity contribution in [1.82, 2.24) is 15.6 Å². The van der Waals surface area contributed by atoms with Gasteiger partial charge in [-0.25, -0.2) is 9.78 Å². The van der Waals surface area contributed by atoms with E-state index in [-0.39, 0.29) is 6.04 Å². The molecule has 112 valence electrons. The number of carboxylic acid groups (broad SMARTS) is 1. The largest absolute Gasteiger partial charge is 0.481 e. The van der Waals surface area contributed by atoms with E-state index in [9.17, 15) is 14.7 Å². The predicted molar refractivity (Wildman–Crippen MR) is 77.7 cm³/mol. The van der Waals surface area contributed by atoms with Crippen molar-refractivity contribution in [3.05, 3.63) is 16.6 Å². The van der Waals surface area contributed by atoms with Crippen molar-refractivity contribution in [2.24, 2.45) is 5.41 Å². The molecule has 0 spiro atoms. The summed E-state index contributed by atoms with van der Waals surface area (Å²) in [6.07, 6.45) is 1.67. The van der Waals surface area contributed by atoms with Crippen LogP contribution in [0.1, 0.15) is 45.7 Å². The Labute approximate surface area is 122 Å². The zero-order valence-electron chi connectivity index (χ0n) is 12.4. The Balaban J connectivity index is 2.68. The summed E-state index contributed by atoms with van der Waals surface area (Å²) in [6, 6.07) is -0.634. The van der Waals surface area contributed by atoms with E-state index in [1.807, 2.05) is 12.3 Å². The number of carbonyl (C=O) groups is 2. The zero-order chi connectivity index (χ0) is 15.6. The normalized spacial score (nSPS) is 13.7. The highest BCUT2D eigenvalue weighted by Crippen LogP contribution is 2.30. The van der Waals surface area contributed by atoms with E-state index in [0.717, 1.165) is 5.01 Å². The number of aromatic nitrogens is 1. The summed E-state index contributed by atoms with van der Waals surface area (Å²) in [5.41, 5.74) is -1.99. The van der Waals surface area contributed by atoms with Crippen LogP contribution in [0, 0.1) is 5.41 Å². The molecule has 0 saturated heterocycles. The van der Waals surface area contributed by atoms with Gasteiger partial charge in [0.15, 0.2) is 0 Å². The smallest absolute Gasteiger partial charge is 0.315 e. The van der Waals surface area contributed by atoms with Crippen LogP contribution < -0.4 is 10.6 Å². The van der Waals surface area contributed by atoms with Gasteiger partial charge < -0.3 is 15.7 Å². The number of nitrogens with zero attached hydrogens (tertiary/aromatic N) is 1. The second-order valence-corrected chi connectivity index (χ2v) is 6.67. The lowest BCUT2D eigenvalue weighted by molar-refractivity contribution is -0.150. The summed E-state index contributed by atoms with van der Waals surface area (Å²) in [6.45, 7) is 8.37. The number of thiazole rings is 1. The average molecular weight is 299 g/mol. The second kappa shape index (κ2) is 5.78. The molecule has 1 aromatic rings. The predicted octanol–water partition coefficient (Wildman–Crippen LogP) is 2.39. The number of hydrogen-bond donors (Lipinski definition) is 3. The van der Waals surface area contributed by atoms with Crippen molar-refractivity contribution in [2.75, 3.05) is 0 Å². The number of nitrogens with one attached hydrogen (secondary N) is 2. The van der Waals surface area contributed by atoms with E-state index in [2.05, 4.69) is 15.6 Å². The number of urea groups is 1. The molecule has 7 heteroatoms. The van der Waals surface area contributed by atoms with Gasteiger partial charge in [0.2, 0.25) is 0 Å². The minimum atomic E-state index is -1.09. The average Bonchev–Trinajstić information content (AvgIpc) is 2.80. The second-order valence-electron chi connectivity index (χ2n) is 5.75. The van der Waals surface area contributed by atoms with Gasteiger partial charge >= 0.3 is 12.0 Å². The quantitative estimate of drug-likeness (QED) is 0.778. The molecule has 0 aliphatic rings. The minimum Gasteiger partial charge on any atom is -0.481 e. The van der Waals surface area contributed by atoms with E-state index in [0.29, 0.717) is 0 Å². The molecular weight excluding hydrogens is 278 g/mol. The fourth-order valence-electron chi connectivity index (χ4n) is 1.45. The van der Waals surface area contributed by atoms with E-state index < -0.39 is 23.0 Å². The maximum atomic E-state index is 12.0. The summed E-state index contributed by atoms with van der Waals surface area (Å²) in [5, 5.41) is 17.4. The highest BCUT2D eigenvalue weighted by molar-refractivity contribution is 7.09. The van der Waals surface area contributed by atoms with E-state index in [1.54, 1.807) is 33.9 Å². The Bertz CT molecular complexity index is 483. The van der Waals surface area contributed by atoms with Gasteiger partial charge in [0.05, 0.1) is 17.0 Å². The lowest BCUT2D eigenvalue weighted by Crippen LogP contribution is -2.59. The van der Waals surface area contributed by atoms with Crippen LogP contribution >= 0.6 is 11.3 Å². The molecule has 3 N–H and O–H groups in total. The molecule has 0 saturated carbocycles. The molecule has 0 radical (unpaired) electrons. The Morgan fingerprint density at radius 3 is 2.40 bits per heavy atom. The molecular formula is C13H21N3O3S. The Morgan fingerprint density at radius 2 is 1.95 bits per heavy atom. The van der Waals surface area contributed by atoms with Gasteiger partial charge in [0, 0.05) is 11.6 Å². The molecule has 1 aromatic heterocycles. The first-order chi connectivity index (χ1) is 9.08. The molecule has 6 nitrogen and oxygen atoms in total. The van der Waals surface area contributed by atoms with Crippen molar-refractivity contribution < 1.29 is 14.7 Å². The van der Waals surface area contributed by atoms with Gasteiger partial charge in [-0.1, -0.05) is 0 Å². The molecule has 1 unspecified atom stereocenters. The van der Waals surface area contributed by atoms with Gasteiger partial charge in [-0.15, -0.1) is 11.3 Å². The standard InChI is InChI=1S/C13H21N3O3S/c1-8(9-14-6-7-20-9)15-11(19)16-13(4,5)12(2,3)10(17)18/h6-8H,1-5H3,(H,17,18)(H2,15,16,19). The first-order valence-corrected chi connectivity index (χ1v) is 7.17. The first kappa shape index (κ1) is 16.4. The van der Waals surface area contributed by atoms with Crippen molar-refractivity contribution >= 4 is 23.3 Å². The molecule has 20 heavy (non-hydrogen) atoms. The number of rotatable bonds is 5. The molecule has 0 aliphatic carbocycles. The fourth-order valence-corrected chi connectivity index (χ4v) is 2.10. The summed E-state index contributed by atoms with van der Waals surface area (Å²) >= 11 is 1.45. The van der Waals surface area contributed by atoms with E-state index in [1.165, 1.54) is 11.3 Å². The van der Waals surface area contributed by atoms with Crippen LogP contribution in [0.3, 0.4) is 0 Å². The van der Waals surface area contributed by atoms with Crippen molar-refractivity contribution in [2.45, 2.75) is 46.2 Å². The van der Waals surface area contributed by atoms with E-state index in [4.69, 9.17) is 0 Å². The number of hydrogen-bond acceptors (Lipinski definition) is 4. The minimum absolute atomic E-state index is 0.223. The third kappa shape index (κ3) is 3.47. The summed E-state index contributed by atoms with van der Waals surface area (Å²) in [7, 11) is 0. The SMILES string of the molecule is CC(NC(=O)NC(C)(C)C(C)(C)C(=O)O)c1nccs1. The van der Waals surface area contributed by atoms with Crippen LogP contribution in [-0.2, 0) is 4.79 Å². The Morgan fingerprint density at radius 1 is 1.35 bits per heavy atom. The number of aliphatic carboxylic acids is 1. The van der Waals surface area contributed by atoms with Crippen LogP contribution in [-0.4, -0.2) is 27.6 Å². The first-order valence-electron chi connectivity index (χ1n) is 6.29. The lowest BCUT2D eigenvalue weighted by atomic mass is 9.74. The van der Waals surface area contributed by atoms with E-state index >= 15 is 0 Å². The monoisotopic (exact) mass is 299 g/mol. The van der Waals surface area contributed by atoms with Crippen molar-refractivity contribution in [3.63, 3.8) is 0 Å². The van der Waals surface area contributed by atoms with Gasteiger partial charge in [-0.05, 0) is 34.6 Å². The van der Waals surface area contributed by atoms with Crippen molar-refractivity contribution in [3.8, 4) is 0 Å². The maximum absolute atomic E-state index is 12.0. The van der Waals surface area contributed by atoms with Gasteiger partial charge in [0.25, 0.3) is 0 Å². The molecule has 1 rings (SSSR count). The van der Waals surface area contributed by atoms with Crippen LogP contribution in [0.25, 0.3) is 0 Å². The molecule has 1 heterocycles. The summed E-state index contributed by atoms with van der Waals surface area (Å²) in [4.78, 5) is 27.4. The summed E-state index contributed by atoms with van der Waals surface area (Å²) in [5.74, 6) is -0.962. The number of carbonyl (C=O) groups excluding carboxylic acids is 1. The van der Waals surface area contributed by atoms with Gasteiger partial charge in [-0.2, -0.15) is 0 Å². The molecule has 0 bridgehead atoms. The molecule has 0 aromatic carbocycles. The molecule has 2 amide bonds. The highest BCUT2D eigenvalue weighted by atomic mass is 32.1. The van der Waals surface area contributed by atoms with Crippen LogP contribution in [0.15, 0.2) is 11.6 Å². The zero-order valence-corrected chi connectivity index (χ0v) is 13.2. The Hall–Kier alpha value is -1.63. The number of carboxylic acids is 1. The molecule has 0 aliphatic heterocycles. The van der Waals surface area contributed by atoms with Crippen LogP contribution in [0.2, 0.25) is 0 Å². The lowest BCUT2D eigenvalue weighted by Gasteiger charge is -2.38. The van der Waals surface area contributed by atoms with Gasteiger partial charge in [-0.3, -0.25) is 4.79 Å².